The van der Waals surface area contributed by atoms with Crippen molar-refractivity contribution in [2.75, 3.05) is 6.54 Å². The number of hydrogen-bond acceptors (Lipinski definition) is 4. The van der Waals surface area contributed by atoms with E-state index in [9.17, 15) is 13.2 Å². The normalized spacial score (nSPS) is 13.2. The Kier molecular flexibility index (Phi) is 8.07. The molecule has 1 aromatic heterocycles. The molecule has 194 valence electrons. The van der Waals surface area contributed by atoms with Crippen molar-refractivity contribution in [3.63, 3.8) is 0 Å². The van der Waals surface area contributed by atoms with Gasteiger partial charge in [0.15, 0.2) is 5.82 Å². The van der Waals surface area contributed by atoms with E-state index in [0.717, 1.165) is 30.0 Å². The Labute approximate surface area is 215 Å². The van der Waals surface area contributed by atoms with E-state index in [1.165, 1.54) is 12.1 Å². The molecule has 0 amide bonds. The molecule has 0 bridgehead atoms. The minimum atomic E-state index is -4.45. The van der Waals surface area contributed by atoms with Crippen molar-refractivity contribution < 1.29 is 13.2 Å². The van der Waals surface area contributed by atoms with Crippen LogP contribution in [-0.4, -0.2) is 31.7 Å². The Morgan fingerprint density at radius 3 is 2.14 bits per heavy atom. The van der Waals surface area contributed by atoms with Crippen molar-refractivity contribution >= 4 is 0 Å². The van der Waals surface area contributed by atoms with Gasteiger partial charge in [-0.05, 0) is 65.9 Å². The van der Waals surface area contributed by atoms with Crippen molar-refractivity contribution in [2.45, 2.75) is 57.9 Å². The van der Waals surface area contributed by atoms with Crippen LogP contribution < -0.4 is 0 Å². The van der Waals surface area contributed by atoms with Crippen LogP contribution >= 0.6 is 0 Å². The first-order valence-electron chi connectivity index (χ1n) is 12.5. The number of aromatic nitrogens is 4. The van der Waals surface area contributed by atoms with Crippen LogP contribution in [0.15, 0.2) is 84.9 Å². The van der Waals surface area contributed by atoms with E-state index in [0.29, 0.717) is 24.5 Å². The van der Waals surface area contributed by atoms with Gasteiger partial charge in [-0.15, -0.1) is 5.10 Å². The van der Waals surface area contributed by atoms with Crippen molar-refractivity contribution in [3.05, 3.63) is 113 Å². The van der Waals surface area contributed by atoms with Gasteiger partial charge in [-0.2, -0.15) is 13.2 Å². The van der Waals surface area contributed by atoms with Crippen LogP contribution in [0.5, 0.6) is 0 Å². The summed E-state index contributed by atoms with van der Waals surface area (Å²) in [5.41, 5.74) is 1.60. The Bertz CT molecular complexity index is 1270. The second kappa shape index (κ2) is 11.3. The van der Waals surface area contributed by atoms with Crippen LogP contribution in [0.25, 0.3) is 0 Å². The monoisotopic (exact) mass is 507 g/mol. The fourth-order valence-corrected chi connectivity index (χ4v) is 4.39. The molecule has 5 nitrogen and oxygen atoms in total. The predicted octanol–water partition coefficient (Wildman–Crippen LogP) is 6.67. The SMILES string of the molecule is CCC(C)(C)n1nnnc1[C@@H](c1cccc(C(F)(F)F)c1)N(CCc1ccccc1)Cc1ccccc1. The summed E-state index contributed by atoms with van der Waals surface area (Å²) < 4.78 is 43.0. The quantitative estimate of drug-likeness (QED) is 0.241. The summed E-state index contributed by atoms with van der Waals surface area (Å²) >= 11 is 0. The highest BCUT2D eigenvalue weighted by Gasteiger charge is 2.35. The molecule has 0 radical (unpaired) electrons. The molecule has 0 spiro atoms. The molecule has 0 saturated carbocycles. The zero-order valence-electron chi connectivity index (χ0n) is 21.4. The molecule has 3 aromatic carbocycles. The highest BCUT2D eigenvalue weighted by atomic mass is 19.4. The zero-order chi connectivity index (χ0) is 26.5. The standard InChI is InChI=1S/C29H32F3N5/c1-4-28(2,3)37-27(33-34-35-37)26(24-16-11-17-25(20-24)29(30,31)32)36(21-23-14-9-6-10-15-23)19-18-22-12-7-5-8-13-22/h5-17,20,26H,4,18-19,21H2,1-3H3/t26-/m1/s1. The number of rotatable bonds is 10. The smallest absolute Gasteiger partial charge is 0.285 e. The van der Waals surface area contributed by atoms with E-state index < -0.39 is 23.3 Å². The molecule has 37 heavy (non-hydrogen) atoms. The average Bonchev–Trinajstić information content (AvgIpc) is 3.39. The number of benzene rings is 3. The van der Waals surface area contributed by atoms with E-state index in [-0.39, 0.29) is 0 Å². The summed E-state index contributed by atoms with van der Waals surface area (Å²) in [6, 6.07) is 24.9. The first-order chi connectivity index (χ1) is 17.7. The average molecular weight is 508 g/mol. The molecular weight excluding hydrogens is 475 g/mol. The summed E-state index contributed by atoms with van der Waals surface area (Å²) in [7, 11) is 0. The largest absolute Gasteiger partial charge is 0.416 e. The maximum absolute atomic E-state index is 13.8. The molecule has 4 aromatic rings. The van der Waals surface area contributed by atoms with Crippen molar-refractivity contribution in [3.8, 4) is 0 Å². The van der Waals surface area contributed by atoms with Gasteiger partial charge in [0.25, 0.3) is 0 Å². The third-order valence-corrected chi connectivity index (χ3v) is 6.83. The summed E-state index contributed by atoms with van der Waals surface area (Å²) in [6.07, 6.45) is -2.98. The molecular formula is C29H32F3N5. The second-order valence-electron chi connectivity index (χ2n) is 9.83. The lowest BCUT2D eigenvalue weighted by Gasteiger charge is -2.34. The third kappa shape index (κ3) is 6.43. The summed E-state index contributed by atoms with van der Waals surface area (Å²) in [6.45, 7) is 7.22. The number of alkyl halides is 3. The van der Waals surface area contributed by atoms with E-state index in [1.807, 2.05) is 69.3 Å². The van der Waals surface area contributed by atoms with Crippen molar-refractivity contribution in [1.29, 1.82) is 0 Å². The van der Waals surface area contributed by atoms with Gasteiger partial charge >= 0.3 is 6.18 Å². The van der Waals surface area contributed by atoms with Gasteiger partial charge in [-0.1, -0.05) is 79.7 Å². The van der Waals surface area contributed by atoms with E-state index >= 15 is 0 Å². The van der Waals surface area contributed by atoms with Crippen LogP contribution in [0.2, 0.25) is 0 Å². The van der Waals surface area contributed by atoms with E-state index in [1.54, 1.807) is 10.7 Å². The minimum Gasteiger partial charge on any atom is -0.285 e. The van der Waals surface area contributed by atoms with Crippen LogP contribution in [0.3, 0.4) is 0 Å². The molecule has 1 heterocycles. The van der Waals surface area contributed by atoms with Crippen molar-refractivity contribution in [1.82, 2.24) is 25.1 Å². The Balaban J connectivity index is 1.84. The lowest BCUT2D eigenvalue weighted by molar-refractivity contribution is -0.137. The third-order valence-electron chi connectivity index (χ3n) is 6.83. The van der Waals surface area contributed by atoms with Crippen molar-refractivity contribution in [2.24, 2.45) is 0 Å². The van der Waals surface area contributed by atoms with Gasteiger partial charge in [0.2, 0.25) is 0 Å². The summed E-state index contributed by atoms with van der Waals surface area (Å²) in [5.74, 6) is 0.523. The van der Waals surface area contributed by atoms with Gasteiger partial charge < -0.3 is 0 Å². The number of nitrogens with zero attached hydrogens (tertiary/aromatic N) is 5. The van der Waals surface area contributed by atoms with E-state index in [4.69, 9.17) is 0 Å². The number of tetrazole rings is 1. The van der Waals surface area contributed by atoms with Gasteiger partial charge in [0, 0.05) is 13.1 Å². The fourth-order valence-electron chi connectivity index (χ4n) is 4.39. The first kappa shape index (κ1) is 26.5. The second-order valence-corrected chi connectivity index (χ2v) is 9.83. The predicted molar refractivity (Wildman–Crippen MR) is 138 cm³/mol. The molecule has 0 N–H and O–H groups in total. The van der Waals surface area contributed by atoms with Gasteiger partial charge in [0.1, 0.15) is 0 Å². The highest BCUT2D eigenvalue weighted by Crippen LogP contribution is 2.36. The maximum atomic E-state index is 13.8. The molecule has 0 aliphatic rings. The molecule has 0 unspecified atom stereocenters. The molecule has 0 saturated heterocycles. The summed E-state index contributed by atoms with van der Waals surface area (Å²) in [5, 5.41) is 12.7. The van der Waals surface area contributed by atoms with Gasteiger partial charge in [-0.25, -0.2) is 4.68 Å². The Morgan fingerprint density at radius 1 is 0.865 bits per heavy atom. The summed E-state index contributed by atoms with van der Waals surface area (Å²) in [4.78, 5) is 2.17. The molecule has 0 fully saturated rings. The molecule has 8 heteroatoms. The molecule has 0 aliphatic carbocycles. The van der Waals surface area contributed by atoms with E-state index in [2.05, 4.69) is 32.6 Å². The fraction of sp³-hybridized carbons (Fsp3) is 0.345. The molecule has 0 aliphatic heterocycles. The lowest BCUT2D eigenvalue weighted by atomic mass is 9.97. The maximum Gasteiger partial charge on any atom is 0.416 e. The molecule has 4 rings (SSSR count). The van der Waals surface area contributed by atoms with Gasteiger partial charge in [-0.3, -0.25) is 4.90 Å². The topological polar surface area (TPSA) is 46.8 Å². The van der Waals surface area contributed by atoms with Gasteiger partial charge in [0.05, 0.1) is 17.1 Å². The van der Waals surface area contributed by atoms with Crippen LogP contribution in [-0.2, 0) is 24.7 Å². The van der Waals surface area contributed by atoms with Crippen LogP contribution in [0, 0.1) is 0 Å². The number of hydrogen-bond donors (Lipinski definition) is 0. The molecule has 1 atom stereocenters. The number of halogens is 3. The van der Waals surface area contributed by atoms with Crippen LogP contribution in [0.1, 0.15) is 61.3 Å². The minimum absolute atomic E-state index is 0.420. The first-order valence-corrected chi connectivity index (χ1v) is 12.5. The van der Waals surface area contributed by atoms with Crippen LogP contribution in [0.4, 0.5) is 13.2 Å². The Morgan fingerprint density at radius 2 is 1.51 bits per heavy atom. The highest BCUT2D eigenvalue weighted by molar-refractivity contribution is 5.32. The zero-order valence-corrected chi connectivity index (χ0v) is 21.4. The Hall–Kier alpha value is -3.52. The lowest BCUT2D eigenvalue weighted by Crippen LogP contribution is -2.37.